The third kappa shape index (κ3) is 5.83. The van der Waals surface area contributed by atoms with Crippen LogP contribution in [0.3, 0.4) is 0 Å². The third-order valence-electron chi connectivity index (χ3n) is 5.71. The minimum absolute atomic E-state index is 0.0959. The van der Waals surface area contributed by atoms with Crippen molar-refractivity contribution in [2.24, 2.45) is 5.92 Å². The number of carbonyl (C=O) groups excluding carboxylic acids is 1. The first-order valence-electron chi connectivity index (χ1n) is 10.3. The lowest BCUT2D eigenvalue weighted by Gasteiger charge is -2.31. The highest BCUT2D eigenvalue weighted by Gasteiger charge is 2.25. The van der Waals surface area contributed by atoms with Crippen molar-refractivity contribution in [3.63, 3.8) is 0 Å². The van der Waals surface area contributed by atoms with Crippen molar-refractivity contribution in [3.8, 4) is 11.5 Å². The summed E-state index contributed by atoms with van der Waals surface area (Å²) >= 11 is 0. The average molecular weight is 392 g/mol. The predicted octanol–water partition coefficient (Wildman–Crippen LogP) is 1.45. The summed E-state index contributed by atoms with van der Waals surface area (Å²) in [7, 11) is 1.56. The van der Waals surface area contributed by atoms with E-state index in [4.69, 9.17) is 9.47 Å². The molecule has 0 bridgehead atoms. The number of nitrogens with zero attached hydrogens (tertiary/aromatic N) is 2. The molecular weight excluding hydrogens is 358 g/mol. The van der Waals surface area contributed by atoms with E-state index in [1.807, 2.05) is 12.1 Å². The van der Waals surface area contributed by atoms with Crippen LogP contribution in [0, 0.1) is 5.92 Å². The summed E-state index contributed by atoms with van der Waals surface area (Å²) < 4.78 is 10.5. The summed E-state index contributed by atoms with van der Waals surface area (Å²) in [5, 5.41) is 13.4. The monoisotopic (exact) mass is 391 g/mol. The summed E-state index contributed by atoms with van der Waals surface area (Å²) in [6.45, 7) is 7.80. The van der Waals surface area contributed by atoms with Gasteiger partial charge in [-0.2, -0.15) is 0 Å². The summed E-state index contributed by atoms with van der Waals surface area (Å²) in [6.07, 6.45) is 2.71. The number of aromatic hydroxyl groups is 1. The van der Waals surface area contributed by atoms with Gasteiger partial charge in [-0.25, -0.2) is 0 Å². The molecule has 0 spiro atoms. The summed E-state index contributed by atoms with van der Waals surface area (Å²) in [5.74, 6) is 0.998. The molecule has 1 amide bonds. The zero-order valence-electron chi connectivity index (χ0n) is 16.9. The molecule has 3 rings (SSSR count). The second-order valence-corrected chi connectivity index (χ2v) is 7.62. The number of benzene rings is 1. The lowest BCUT2D eigenvalue weighted by Crippen LogP contribution is -2.41. The molecule has 1 aromatic rings. The quantitative estimate of drug-likeness (QED) is 0.654. The SMILES string of the molecule is COc1cccc(CN2CCC(C(=O)NCCCN3CCOCC3)CC2)c1O. The van der Waals surface area contributed by atoms with E-state index in [-0.39, 0.29) is 17.6 Å². The van der Waals surface area contributed by atoms with Crippen LogP contribution in [0.2, 0.25) is 0 Å². The molecule has 156 valence electrons. The van der Waals surface area contributed by atoms with Crippen LogP contribution in [-0.2, 0) is 16.1 Å². The Morgan fingerprint density at radius 1 is 1.21 bits per heavy atom. The second kappa shape index (κ2) is 10.6. The van der Waals surface area contributed by atoms with Crippen LogP contribution >= 0.6 is 0 Å². The Labute approximate surface area is 167 Å². The Kier molecular flexibility index (Phi) is 7.94. The molecule has 0 aliphatic carbocycles. The number of hydrogen-bond acceptors (Lipinski definition) is 6. The number of amides is 1. The molecule has 0 saturated carbocycles. The van der Waals surface area contributed by atoms with Crippen molar-refractivity contribution in [3.05, 3.63) is 23.8 Å². The van der Waals surface area contributed by atoms with Crippen LogP contribution < -0.4 is 10.1 Å². The Morgan fingerprint density at radius 3 is 2.68 bits per heavy atom. The van der Waals surface area contributed by atoms with E-state index in [0.29, 0.717) is 12.3 Å². The summed E-state index contributed by atoms with van der Waals surface area (Å²) in [5.41, 5.74) is 0.866. The van der Waals surface area contributed by atoms with Gasteiger partial charge in [0.25, 0.3) is 0 Å². The Bertz CT molecular complexity index is 626. The lowest BCUT2D eigenvalue weighted by atomic mass is 9.95. The largest absolute Gasteiger partial charge is 0.504 e. The second-order valence-electron chi connectivity index (χ2n) is 7.62. The van der Waals surface area contributed by atoms with Crippen molar-refractivity contribution in [2.75, 3.05) is 59.6 Å². The number of phenols is 1. The summed E-state index contributed by atoms with van der Waals surface area (Å²) in [6, 6.07) is 5.57. The number of piperidine rings is 1. The first-order valence-corrected chi connectivity index (χ1v) is 10.3. The van der Waals surface area contributed by atoms with Gasteiger partial charge in [0.1, 0.15) is 0 Å². The molecule has 0 radical (unpaired) electrons. The van der Waals surface area contributed by atoms with Crippen LogP contribution in [0.25, 0.3) is 0 Å². The molecule has 2 aliphatic rings. The number of phenolic OH excluding ortho intramolecular Hbond substituents is 1. The Morgan fingerprint density at radius 2 is 1.96 bits per heavy atom. The van der Waals surface area contributed by atoms with Gasteiger partial charge < -0.3 is 19.9 Å². The fourth-order valence-corrected chi connectivity index (χ4v) is 3.94. The van der Waals surface area contributed by atoms with E-state index < -0.39 is 0 Å². The van der Waals surface area contributed by atoms with Gasteiger partial charge in [0.05, 0.1) is 20.3 Å². The molecule has 1 aromatic carbocycles. The number of rotatable bonds is 8. The maximum atomic E-state index is 12.4. The van der Waals surface area contributed by atoms with E-state index in [1.54, 1.807) is 13.2 Å². The molecule has 2 aliphatic heterocycles. The van der Waals surface area contributed by atoms with Gasteiger partial charge in [-0.05, 0) is 45.0 Å². The van der Waals surface area contributed by atoms with Crippen molar-refractivity contribution >= 4 is 5.91 Å². The van der Waals surface area contributed by atoms with Crippen molar-refractivity contribution in [1.82, 2.24) is 15.1 Å². The van der Waals surface area contributed by atoms with E-state index >= 15 is 0 Å². The number of likely N-dealkylation sites (tertiary alicyclic amines) is 1. The first kappa shape index (κ1) is 20.9. The van der Waals surface area contributed by atoms with Gasteiger partial charge in [-0.1, -0.05) is 12.1 Å². The number of hydrogen-bond donors (Lipinski definition) is 2. The molecule has 0 unspecified atom stereocenters. The third-order valence-corrected chi connectivity index (χ3v) is 5.71. The molecule has 0 atom stereocenters. The maximum absolute atomic E-state index is 12.4. The van der Waals surface area contributed by atoms with Gasteiger partial charge in [0, 0.05) is 37.7 Å². The van der Waals surface area contributed by atoms with Crippen LogP contribution in [0.1, 0.15) is 24.8 Å². The Balaban J connectivity index is 1.34. The topological polar surface area (TPSA) is 74.3 Å². The van der Waals surface area contributed by atoms with Crippen LogP contribution in [-0.4, -0.2) is 80.4 Å². The predicted molar refractivity (Wildman–Crippen MR) is 108 cm³/mol. The fourth-order valence-electron chi connectivity index (χ4n) is 3.94. The van der Waals surface area contributed by atoms with Gasteiger partial charge in [0.2, 0.25) is 5.91 Å². The number of methoxy groups -OCH3 is 1. The average Bonchev–Trinajstić information content (AvgIpc) is 2.74. The molecular formula is C21H33N3O4. The highest BCUT2D eigenvalue weighted by molar-refractivity contribution is 5.78. The highest BCUT2D eigenvalue weighted by Crippen LogP contribution is 2.31. The van der Waals surface area contributed by atoms with E-state index in [2.05, 4.69) is 15.1 Å². The smallest absolute Gasteiger partial charge is 0.223 e. The minimum Gasteiger partial charge on any atom is -0.504 e. The molecule has 2 heterocycles. The molecule has 7 heteroatoms. The molecule has 2 saturated heterocycles. The highest BCUT2D eigenvalue weighted by atomic mass is 16.5. The van der Waals surface area contributed by atoms with E-state index in [9.17, 15) is 9.90 Å². The normalized spacial score (nSPS) is 19.5. The molecule has 7 nitrogen and oxygen atoms in total. The number of para-hydroxylation sites is 1. The van der Waals surface area contributed by atoms with E-state index in [1.165, 1.54) is 0 Å². The van der Waals surface area contributed by atoms with Crippen molar-refractivity contribution in [1.29, 1.82) is 0 Å². The Hall–Kier alpha value is -1.83. The fraction of sp³-hybridized carbons (Fsp3) is 0.667. The van der Waals surface area contributed by atoms with Crippen LogP contribution in [0.15, 0.2) is 18.2 Å². The van der Waals surface area contributed by atoms with Crippen molar-refractivity contribution in [2.45, 2.75) is 25.8 Å². The number of morpholine rings is 1. The van der Waals surface area contributed by atoms with Gasteiger partial charge in [-0.15, -0.1) is 0 Å². The molecule has 2 fully saturated rings. The molecule has 2 N–H and O–H groups in total. The van der Waals surface area contributed by atoms with Crippen molar-refractivity contribution < 1.29 is 19.4 Å². The van der Waals surface area contributed by atoms with E-state index in [0.717, 1.165) is 77.3 Å². The summed E-state index contributed by atoms with van der Waals surface area (Å²) in [4.78, 5) is 17.1. The first-order chi connectivity index (χ1) is 13.7. The van der Waals surface area contributed by atoms with Gasteiger partial charge in [-0.3, -0.25) is 14.6 Å². The molecule has 28 heavy (non-hydrogen) atoms. The lowest BCUT2D eigenvalue weighted by molar-refractivity contribution is -0.126. The standard InChI is InChI=1S/C21H33N3O4/c1-27-19-5-2-4-18(20(19)25)16-24-10-6-17(7-11-24)21(26)22-8-3-9-23-12-14-28-15-13-23/h2,4-5,17,25H,3,6-16H2,1H3,(H,22,26). The molecule has 0 aromatic heterocycles. The zero-order chi connectivity index (χ0) is 19.8. The zero-order valence-corrected chi connectivity index (χ0v) is 16.9. The van der Waals surface area contributed by atoms with Crippen LogP contribution in [0.5, 0.6) is 11.5 Å². The minimum atomic E-state index is 0.0959. The van der Waals surface area contributed by atoms with Gasteiger partial charge >= 0.3 is 0 Å². The number of carbonyl (C=O) groups is 1. The number of nitrogens with one attached hydrogen (secondary N) is 1. The van der Waals surface area contributed by atoms with Crippen LogP contribution in [0.4, 0.5) is 0 Å². The van der Waals surface area contributed by atoms with Gasteiger partial charge in [0.15, 0.2) is 11.5 Å². The maximum Gasteiger partial charge on any atom is 0.223 e. The number of ether oxygens (including phenoxy) is 2.